The van der Waals surface area contributed by atoms with Gasteiger partial charge in [-0.3, -0.25) is 9.59 Å². The fraction of sp³-hybridized carbons (Fsp3) is 0.464. The SMILES string of the molecule is O=C(NCC1(C(=O)N2CCC[C@H](C(=O)O)C2)CCCC1)OCC1c2ccccc2-c2ccccc21. The molecule has 2 aromatic rings. The third-order valence-corrected chi connectivity index (χ3v) is 7.99. The van der Waals surface area contributed by atoms with E-state index in [1.165, 1.54) is 11.1 Å². The zero-order valence-electron chi connectivity index (χ0n) is 19.9. The second-order valence-corrected chi connectivity index (χ2v) is 10.1. The molecule has 2 fully saturated rings. The molecule has 2 amide bonds. The van der Waals surface area contributed by atoms with Crippen LogP contribution in [0.2, 0.25) is 0 Å². The number of alkyl carbamates (subject to hydrolysis) is 1. The van der Waals surface area contributed by atoms with Gasteiger partial charge in [0.05, 0.1) is 11.3 Å². The first-order valence-corrected chi connectivity index (χ1v) is 12.6. The van der Waals surface area contributed by atoms with E-state index in [9.17, 15) is 19.5 Å². The Morgan fingerprint density at radius 3 is 2.23 bits per heavy atom. The first kappa shape index (κ1) is 23.4. The van der Waals surface area contributed by atoms with Crippen LogP contribution in [0.3, 0.4) is 0 Å². The van der Waals surface area contributed by atoms with E-state index < -0.39 is 23.4 Å². The van der Waals surface area contributed by atoms with Crippen molar-refractivity contribution in [3.05, 3.63) is 59.7 Å². The summed E-state index contributed by atoms with van der Waals surface area (Å²) < 4.78 is 5.67. The lowest BCUT2D eigenvalue weighted by Crippen LogP contribution is -2.52. The average molecular weight is 477 g/mol. The van der Waals surface area contributed by atoms with Crippen LogP contribution in [0.5, 0.6) is 0 Å². The van der Waals surface area contributed by atoms with Crippen molar-refractivity contribution in [3.63, 3.8) is 0 Å². The zero-order chi connectivity index (χ0) is 24.4. The molecule has 35 heavy (non-hydrogen) atoms. The average Bonchev–Trinajstić information content (AvgIpc) is 3.50. The molecule has 7 heteroatoms. The number of carbonyl (C=O) groups is 3. The van der Waals surface area contributed by atoms with Gasteiger partial charge in [0.1, 0.15) is 6.61 Å². The predicted octanol–water partition coefficient (Wildman–Crippen LogP) is 4.41. The number of rotatable bonds is 6. The second-order valence-electron chi connectivity index (χ2n) is 10.1. The van der Waals surface area contributed by atoms with Crippen molar-refractivity contribution >= 4 is 18.0 Å². The van der Waals surface area contributed by atoms with Crippen LogP contribution in [-0.4, -0.2) is 54.2 Å². The Kier molecular flexibility index (Phi) is 6.50. The number of hydrogen-bond acceptors (Lipinski definition) is 4. The molecule has 0 radical (unpaired) electrons. The van der Waals surface area contributed by atoms with Gasteiger partial charge in [0.25, 0.3) is 0 Å². The number of nitrogens with one attached hydrogen (secondary N) is 1. The van der Waals surface area contributed by atoms with Crippen molar-refractivity contribution in [1.82, 2.24) is 10.2 Å². The molecule has 184 valence electrons. The Labute approximate surface area is 205 Å². The highest BCUT2D eigenvalue weighted by Crippen LogP contribution is 2.44. The standard InChI is InChI=1S/C28H32N2O5/c31-25(32)19-8-7-15-30(16-19)26(33)28(13-5-6-14-28)18-29-27(34)35-17-24-22-11-3-1-9-20(22)21-10-2-4-12-23(21)24/h1-4,9-12,19,24H,5-8,13-18H2,(H,29,34)(H,31,32)/t19-/m0/s1. The van der Waals surface area contributed by atoms with E-state index in [4.69, 9.17) is 4.74 Å². The van der Waals surface area contributed by atoms with E-state index in [-0.39, 0.29) is 31.5 Å². The fourth-order valence-electron chi connectivity index (χ4n) is 6.11. The molecule has 1 atom stereocenters. The number of benzene rings is 2. The highest BCUT2D eigenvalue weighted by atomic mass is 16.5. The molecule has 1 saturated heterocycles. The number of nitrogens with zero attached hydrogens (tertiary/aromatic N) is 1. The second kappa shape index (κ2) is 9.72. The molecule has 2 aliphatic carbocycles. The summed E-state index contributed by atoms with van der Waals surface area (Å²) in [6.45, 7) is 1.28. The molecule has 0 aromatic heterocycles. The van der Waals surface area contributed by atoms with Crippen molar-refractivity contribution in [3.8, 4) is 11.1 Å². The lowest BCUT2D eigenvalue weighted by atomic mass is 9.83. The Morgan fingerprint density at radius 1 is 0.971 bits per heavy atom. The van der Waals surface area contributed by atoms with Gasteiger partial charge in [0.15, 0.2) is 0 Å². The van der Waals surface area contributed by atoms with Crippen molar-refractivity contribution < 1.29 is 24.2 Å². The molecule has 7 nitrogen and oxygen atoms in total. The zero-order valence-corrected chi connectivity index (χ0v) is 19.9. The van der Waals surface area contributed by atoms with E-state index in [1.807, 2.05) is 24.3 Å². The van der Waals surface area contributed by atoms with Gasteiger partial charge in [-0.2, -0.15) is 0 Å². The van der Waals surface area contributed by atoms with Crippen LogP contribution in [0.1, 0.15) is 55.6 Å². The molecular weight excluding hydrogens is 444 g/mol. The van der Waals surface area contributed by atoms with Crippen LogP contribution in [0.15, 0.2) is 48.5 Å². The summed E-state index contributed by atoms with van der Waals surface area (Å²) in [5.41, 5.74) is 3.98. The fourth-order valence-corrected chi connectivity index (χ4v) is 6.11. The van der Waals surface area contributed by atoms with E-state index in [1.54, 1.807) is 4.90 Å². The maximum absolute atomic E-state index is 13.5. The number of likely N-dealkylation sites (tertiary alicyclic amines) is 1. The molecular formula is C28H32N2O5. The van der Waals surface area contributed by atoms with Crippen LogP contribution in [0, 0.1) is 11.3 Å². The van der Waals surface area contributed by atoms with Gasteiger partial charge in [0.2, 0.25) is 5.91 Å². The molecule has 1 heterocycles. The van der Waals surface area contributed by atoms with Crippen molar-refractivity contribution in [2.75, 3.05) is 26.2 Å². The third kappa shape index (κ3) is 4.51. The molecule has 3 aliphatic rings. The number of aliphatic carboxylic acids is 1. The van der Waals surface area contributed by atoms with Crippen molar-refractivity contribution in [2.24, 2.45) is 11.3 Å². The number of ether oxygens (including phenoxy) is 1. The first-order chi connectivity index (χ1) is 17.0. The van der Waals surface area contributed by atoms with Gasteiger partial charge < -0.3 is 20.1 Å². The normalized spacial score (nSPS) is 20.7. The molecule has 0 unspecified atom stereocenters. The van der Waals surface area contributed by atoms with Gasteiger partial charge in [-0.1, -0.05) is 61.4 Å². The summed E-state index contributed by atoms with van der Waals surface area (Å²) in [6.07, 6.45) is 4.02. The highest BCUT2D eigenvalue weighted by Gasteiger charge is 2.45. The summed E-state index contributed by atoms with van der Waals surface area (Å²) >= 11 is 0. The number of carboxylic acid groups (broad SMARTS) is 1. The maximum atomic E-state index is 13.5. The smallest absolute Gasteiger partial charge is 0.407 e. The minimum atomic E-state index is -0.847. The lowest BCUT2D eigenvalue weighted by Gasteiger charge is -2.38. The van der Waals surface area contributed by atoms with E-state index in [0.717, 1.165) is 24.0 Å². The molecule has 1 saturated carbocycles. The number of hydrogen-bond donors (Lipinski definition) is 2. The number of carboxylic acids is 1. The van der Waals surface area contributed by atoms with Gasteiger partial charge in [-0.15, -0.1) is 0 Å². The van der Waals surface area contributed by atoms with Gasteiger partial charge in [-0.05, 0) is 47.9 Å². The number of piperidine rings is 1. The Balaban J connectivity index is 1.22. The van der Waals surface area contributed by atoms with E-state index in [2.05, 4.69) is 29.6 Å². The first-order valence-electron chi connectivity index (χ1n) is 12.6. The van der Waals surface area contributed by atoms with Crippen LogP contribution in [0.25, 0.3) is 11.1 Å². The largest absolute Gasteiger partial charge is 0.481 e. The van der Waals surface area contributed by atoms with Crippen LogP contribution >= 0.6 is 0 Å². The van der Waals surface area contributed by atoms with Crippen LogP contribution < -0.4 is 5.32 Å². The monoisotopic (exact) mass is 476 g/mol. The summed E-state index contributed by atoms with van der Waals surface area (Å²) in [5.74, 6) is -1.41. The number of carbonyl (C=O) groups excluding carboxylic acids is 2. The summed E-state index contributed by atoms with van der Waals surface area (Å²) in [7, 11) is 0. The lowest BCUT2D eigenvalue weighted by molar-refractivity contribution is -0.149. The molecule has 1 aliphatic heterocycles. The molecule has 0 bridgehead atoms. The van der Waals surface area contributed by atoms with Crippen LogP contribution in [-0.2, 0) is 14.3 Å². The Hall–Kier alpha value is -3.35. The van der Waals surface area contributed by atoms with E-state index in [0.29, 0.717) is 32.2 Å². The minimum absolute atomic E-state index is 0.0171. The summed E-state index contributed by atoms with van der Waals surface area (Å²) in [6, 6.07) is 16.4. The maximum Gasteiger partial charge on any atom is 0.407 e. The van der Waals surface area contributed by atoms with Crippen molar-refractivity contribution in [2.45, 2.75) is 44.4 Å². The van der Waals surface area contributed by atoms with E-state index >= 15 is 0 Å². The number of fused-ring (bicyclic) bond motifs is 3. The van der Waals surface area contributed by atoms with Gasteiger partial charge in [-0.25, -0.2) is 4.79 Å². The topological polar surface area (TPSA) is 95.9 Å². The molecule has 0 spiro atoms. The highest BCUT2D eigenvalue weighted by molar-refractivity contribution is 5.85. The Morgan fingerprint density at radius 2 is 1.60 bits per heavy atom. The van der Waals surface area contributed by atoms with Crippen LogP contribution in [0.4, 0.5) is 4.79 Å². The quantitative estimate of drug-likeness (QED) is 0.644. The number of amides is 2. The molecule has 2 N–H and O–H groups in total. The Bertz CT molecular complexity index is 1080. The van der Waals surface area contributed by atoms with Gasteiger partial charge in [0, 0.05) is 25.6 Å². The summed E-state index contributed by atoms with van der Waals surface area (Å²) in [4.78, 5) is 39.4. The van der Waals surface area contributed by atoms with Gasteiger partial charge >= 0.3 is 12.1 Å². The van der Waals surface area contributed by atoms with Crippen molar-refractivity contribution in [1.29, 1.82) is 0 Å². The molecule has 2 aromatic carbocycles. The third-order valence-electron chi connectivity index (χ3n) is 7.99. The predicted molar refractivity (Wildman–Crippen MR) is 131 cm³/mol. The summed E-state index contributed by atoms with van der Waals surface area (Å²) in [5, 5.41) is 12.3. The minimum Gasteiger partial charge on any atom is -0.481 e. The molecule has 5 rings (SSSR count).